The van der Waals surface area contributed by atoms with Crippen LogP contribution in [0.3, 0.4) is 0 Å². The van der Waals surface area contributed by atoms with E-state index in [-0.39, 0.29) is 12.6 Å². The van der Waals surface area contributed by atoms with Gasteiger partial charge in [-0.05, 0) is 37.1 Å². The third-order valence-electron chi connectivity index (χ3n) is 3.32. The molecule has 0 aliphatic heterocycles. The number of hydrogen-bond acceptors (Lipinski definition) is 4. The summed E-state index contributed by atoms with van der Waals surface area (Å²) in [5.74, 6) is 0.395. The average molecular weight is 299 g/mol. The van der Waals surface area contributed by atoms with E-state index in [0.29, 0.717) is 5.69 Å². The first kappa shape index (κ1) is 16.0. The molecule has 4 heteroatoms. The molecule has 0 aliphatic carbocycles. The molecule has 1 unspecified atom stereocenters. The van der Waals surface area contributed by atoms with E-state index in [0.717, 1.165) is 17.7 Å². The number of rotatable bonds is 6. The van der Waals surface area contributed by atoms with Crippen LogP contribution in [0.1, 0.15) is 36.8 Å². The van der Waals surface area contributed by atoms with Crippen molar-refractivity contribution in [3.8, 4) is 5.75 Å². The Hall–Kier alpha value is -2.36. The molecule has 0 spiro atoms. The van der Waals surface area contributed by atoms with E-state index in [1.54, 1.807) is 6.20 Å². The van der Waals surface area contributed by atoms with Crippen molar-refractivity contribution in [2.24, 2.45) is 0 Å². The van der Waals surface area contributed by atoms with Gasteiger partial charge in [0.1, 0.15) is 12.4 Å². The van der Waals surface area contributed by atoms with Gasteiger partial charge in [0.05, 0.1) is 5.69 Å². The van der Waals surface area contributed by atoms with Gasteiger partial charge in [-0.3, -0.25) is 9.78 Å². The number of ether oxygens (including phenoxy) is 2. The molecule has 0 amide bonds. The molecule has 0 saturated carbocycles. The molecular formula is C18H21NO3. The molecule has 0 aliphatic rings. The fourth-order valence-corrected chi connectivity index (χ4v) is 2.02. The minimum atomic E-state index is -0.510. The molecule has 2 rings (SSSR count). The van der Waals surface area contributed by atoms with Crippen LogP contribution in [0.5, 0.6) is 5.75 Å². The minimum absolute atomic E-state index is 0.237. The van der Waals surface area contributed by atoms with Gasteiger partial charge in [0.2, 0.25) is 0 Å². The lowest BCUT2D eigenvalue weighted by atomic mass is 10.1. The van der Waals surface area contributed by atoms with Crippen molar-refractivity contribution in [3.63, 3.8) is 0 Å². The molecular weight excluding hydrogens is 278 g/mol. The molecule has 2 aromatic rings. The first-order chi connectivity index (χ1) is 10.6. The molecule has 22 heavy (non-hydrogen) atoms. The zero-order chi connectivity index (χ0) is 15.9. The minimum Gasteiger partial charge on any atom is -0.489 e. The quantitative estimate of drug-likeness (QED) is 0.764. The lowest BCUT2D eigenvalue weighted by Gasteiger charge is -2.17. The van der Waals surface area contributed by atoms with E-state index in [9.17, 15) is 4.79 Å². The highest BCUT2D eigenvalue weighted by molar-refractivity contribution is 5.66. The Morgan fingerprint density at radius 3 is 2.45 bits per heavy atom. The van der Waals surface area contributed by atoms with Crippen molar-refractivity contribution in [2.45, 2.75) is 33.3 Å². The second-order valence-corrected chi connectivity index (χ2v) is 5.17. The van der Waals surface area contributed by atoms with E-state index in [1.165, 1.54) is 12.5 Å². The van der Waals surface area contributed by atoms with Gasteiger partial charge in [0.25, 0.3) is 0 Å². The van der Waals surface area contributed by atoms with Gasteiger partial charge in [0, 0.05) is 13.1 Å². The van der Waals surface area contributed by atoms with Crippen LogP contribution in [-0.2, 0) is 16.0 Å². The van der Waals surface area contributed by atoms with Crippen LogP contribution in [0.4, 0.5) is 0 Å². The fraction of sp³-hybridized carbons (Fsp3) is 0.333. The summed E-state index contributed by atoms with van der Waals surface area (Å²) in [5.41, 5.74) is 3.00. The number of pyridine rings is 1. The van der Waals surface area contributed by atoms with Crippen molar-refractivity contribution < 1.29 is 14.3 Å². The number of esters is 1. The summed E-state index contributed by atoms with van der Waals surface area (Å²) in [6.07, 6.45) is 2.22. The van der Waals surface area contributed by atoms with Crippen molar-refractivity contribution in [3.05, 3.63) is 59.4 Å². The molecule has 0 radical (unpaired) electrons. The van der Waals surface area contributed by atoms with E-state index >= 15 is 0 Å². The normalized spacial score (nSPS) is 11.8. The predicted octanol–water partition coefficient (Wildman–Crippen LogP) is 3.64. The molecule has 1 heterocycles. The topological polar surface area (TPSA) is 48.4 Å². The largest absolute Gasteiger partial charge is 0.489 e. The van der Waals surface area contributed by atoms with Crippen molar-refractivity contribution in [1.82, 2.24) is 4.98 Å². The summed E-state index contributed by atoms with van der Waals surface area (Å²) >= 11 is 0. The van der Waals surface area contributed by atoms with Crippen LogP contribution in [-0.4, -0.2) is 17.6 Å². The Morgan fingerprint density at radius 2 is 1.91 bits per heavy atom. The molecule has 0 fully saturated rings. The summed E-state index contributed by atoms with van der Waals surface area (Å²) in [5, 5.41) is 0. The molecule has 1 aromatic carbocycles. The third-order valence-corrected chi connectivity index (χ3v) is 3.32. The zero-order valence-electron chi connectivity index (χ0n) is 13.2. The summed E-state index contributed by atoms with van der Waals surface area (Å²) in [4.78, 5) is 15.7. The van der Waals surface area contributed by atoms with Crippen molar-refractivity contribution in [2.75, 3.05) is 6.61 Å². The number of aryl methyl sites for hydroxylation is 2. The smallest absolute Gasteiger partial charge is 0.303 e. The Morgan fingerprint density at radius 1 is 1.18 bits per heavy atom. The predicted molar refractivity (Wildman–Crippen MR) is 84.8 cm³/mol. The fourth-order valence-electron chi connectivity index (χ4n) is 2.02. The lowest BCUT2D eigenvalue weighted by Crippen LogP contribution is -2.17. The van der Waals surface area contributed by atoms with Crippen LogP contribution >= 0.6 is 0 Å². The SMILES string of the molecule is CCc1ccc(C(COc2ccc(C)cc2)OC(C)=O)nc1. The monoisotopic (exact) mass is 299 g/mol. The maximum absolute atomic E-state index is 11.3. The van der Waals surface area contributed by atoms with Crippen LogP contribution in [0, 0.1) is 6.92 Å². The summed E-state index contributed by atoms with van der Waals surface area (Å²) in [6, 6.07) is 11.6. The first-order valence-electron chi connectivity index (χ1n) is 7.40. The molecule has 116 valence electrons. The van der Waals surface area contributed by atoms with Crippen molar-refractivity contribution in [1.29, 1.82) is 0 Å². The highest BCUT2D eigenvalue weighted by Crippen LogP contribution is 2.19. The van der Waals surface area contributed by atoms with Gasteiger partial charge in [-0.2, -0.15) is 0 Å². The molecule has 0 N–H and O–H groups in total. The van der Waals surface area contributed by atoms with E-state index in [4.69, 9.17) is 9.47 Å². The molecule has 1 aromatic heterocycles. The van der Waals surface area contributed by atoms with Crippen LogP contribution in [0.25, 0.3) is 0 Å². The summed E-state index contributed by atoms with van der Waals surface area (Å²) < 4.78 is 11.0. The van der Waals surface area contributed by atoms with E-state index in [2.05, 4.69) is 11.9 Å². The zero-order valence-corrected chi connectivity index (χ0v) is 13.2. The Bertz CT molecular complexity index is 605. The molecule has 0 saturated heterocycles. The number of carbonyl (C=O) groups excluding carboxylic acids is 1. The first-order valence-corrected chi connectivity index (χ1v) is 7.40. The number of nitrogens with zero attached hydrogens (tertiary/aromatic N) is 1. The van der Waals surface area contributed by atoms with Crippen molar-refractivity contribution >= 4 is 5.97 Å². The van der Waals surface area contributed by atoms with E-state index < -0.39 is 6.10 Å². The number of carbonyl (C=O) groups is 1. The van der Waals surface area contributed by atoms with Gasteiger partial charge in [-0.1, -0.05) is 30.7 Å². The van der Waals surface area contributed by atoms with E-state index in [1.807, 2.05) is 43.3 Å². The van der Waals surface area contributed by atoms with Gasteiger partial charge in [-0.15, -0.1) is 0 Å². The molecule has 4 nitrogen and oxygen atoms in total. The van der Waals surface area contributed by atoms with Crippen LogP contribution in [0.15, 0.2) is 42.6 Å². The highest BCUT2D eigenvalue weighted by atomic mass is 16.6. The Balaban J connectivity index is 2.07. The van der Waals surface area contributed by atoms with Gasteiger partial charge in [0.15, 0.2) is 6.10 Å². The third kappa shape index (κ3) is 4.58. The van der Waals surface area contributed by atoms with Gasteiger partial charge in [-0.25, -0.2) is 0 Å². The lowest BCUT2D eigenvalue weighted by molar-refractivity contribution is -0.148. The number of hydrogen-bond donors (Lipinski definition) is 0. The maximum Gasteiger partial charge on any atom is 0.303 e. The molecule has 1 atom stereocenters. The Kier molecular flexibility index (Phi) is 5.53. The summed E-state index contributed by atoms with van der Waals surface area (Å²) in [7, 11) is 0. The van der Waals surface area contributed by atoms with Gasteiger partial charge >= 0.3 is 5.97 Å². The molecule has 0 bridgehead atoms. The van der Waals surface area contributed by atoms with Gasteiger partial charge < -0.3 is 9.47 Å². The van der Waals surface area contributed by atoms with Crippen LogP contribution in [0.2, 0.25) is 0 Å². The highest BCUT2D eigenvalue weighted by Gasteiger charge is 2.17. The summed E-state index contributed by atoms with van der Waals surface area (Å²) in [6.45, 7) is 5.71. The standard InChI is InChI=1S/C18H21NO3/c1-4-15-7-10-17(19-11-15)18(22-14(3)20)12-21-16-8-5-13(2)6-9-16/h5-11,18H,4,12H2,1-3H3. The van der Waals surface area contributed by atoms with Crippen LogP contribution < -0.4 is 4.74 Å². The maximum atomic E-state index is 11.3. The average Bonchev–Trinajstić information content (AvgIpc) is 2.53. The second kappa shape index (κ2) is 7.59. The number of benzene rings is 1. The second-order valence-electron chi connectivity index (χ2n) is 5.17. The number of aromatic nitrogens is 1. The Labute approximate surface area is 131 Å².